The Labute approximate surface area is 126 Å². The van der Waals surface area contributed by atoms with E-state index in [2.05, 4.69) is 11.4 Å². The molecule has 0 bridgehead atoms. The van der Waals surface area contributed by atoms with Crippen molar-refractivity contribution in [2.75, 3.05) is 19.8 Å². The van der Waals surface area contributed by atoms with E-state index in [4.69, 9.17) is 14.7 Å². The van der Waals surface area contributed by atoms with Crippen LogP contribution >= 0.6 is 0 Å². The average molecular weight is 286 g/mol. The lowest BCUT2D eigenvalue weighted by Crippen LogP contribution is -2.49. The summed E-state index contributed by atoms with van der Waals surface area (Å²) in [5.74, 6) is 0. The molecule has 2 aliphatic rings. The van der Waals surface area contributed by atoms with Crippen LogP contribution in [0.3, 0.4) is 0 Å². The van der Waals surface area contributed by atoms with Crippen molar-refractivity contribution in [3.05, 3.63) is 35.4 Å². The molecule has 21 heavy (non-hydrogen) atoms. The summed E-state index contributed by atoms with van der Waals surface area (Å²) in [6, 6.07) is 10.5. The first kappa shape index (κ1) is 14.5. The van der Waals surface area contributed by atoms with Gasteiger partial charge in [0.15, 0.2) is 0 Å². The molecule has 1 N–H and O–H groups in total. The van der Waals surface area contributed by atoms with Gasteiger partial charge >= 0.3 is 0 Å². The fourth-order valence-electron chi connectivity index (χ4n) is 3.25. The van der Waals surface area contributed by atoms with Gasteiger partial charge in [-0.3, -0.25) is 0 Å². The Kier molecular flexibility index (Phi) is 4.54. The number of benzene rings is 1. The smallest absolute Gasteiger partial charge is 0.0991 e. The molecule has 112 valence electrons. The Balaban J connectivity index is 1.53. The largest absolute Gasteiger partial charge is 0.381 e. The second-order valence-corrected chi connectivity index (χ2v) is 6.02. The lowest BCUT2D eigenvalue weighted by Gasteiger charge is -2.43. The Morgan fingerprint density at radius 3 is 2.67 bits per heavy atom. The fraction of sp³-hybridized carbons (Fsp3) is 0.588. The molecule has 0 amide bonds. The van der Waals surface area contributed by atoms with Crippen molar-refractivity contribution >= 4 is 0 Å². The average Bonchev–Trinajstić information content (AvgIpc) is 2.54. The summed E-state index contributed by atoms with van der Waals surface area (Å²) in [6.45, 7) is 3.33. The van der Waals surface area contributed by atoms with Crippen molar-refractivity contribution < 1.29 is 9.47 Å². The molecule has 4 nitrogen and oxygen atoms in total. The van der Waals surface area contributed by atoms with Crippen LogP contribution in [0.2, 0.25) is 0 Å². The molecule has 1 aromatic rings. The summed E-state index contributed by atoms with van der Waals surface area (Å²) in [6.07, 6.45) is 4.18. The molecular formula is C17H22N2O2. The monoisotopic (exact) mass is 286 g/mol. The van der Waals surface area contributed by atoms with Crippen molar-refractivity contribution in [3.8, 4) is 6.07 Å². The Hall–Kier alpha value is -1.41. The predicted molar refractivity (Wildman–Crippen MR) is 79.8 cm³/mol. The van der Waals surface area contributed by atoms with E-state index in [1.807, 2.05) is 24.3 Å². The van der Waals surface area contributed by atoms with Crippen molar-refractivity contribution in [2.24, 2.45) is 0 Å². The van der Waals surface area contributed by atoms with Crippen LogP contribution in [0.5, 0.6) is 0 Å². The highest BCUT2D eigenvalue weighted by Crippen LogP contribution is 2.34. The third-order valence-electron chi connectivity index (χ3n) is 4.57. The quantitative estimate of drug-likeness (QED) is 0.927. The first-order chi connectivity index (χ1) is 10.3. The van der Waals surface area contributed by atoms with Crippen LogP contribution < -0.4 is 5.32 Å². The summed E-state index contributed by atoms with van der Waals surface area (Å²) in [7, 11) is 0. The second kappa shape index (κ2) is 6.57. The van der Waals surface area contributed by atoms with Crippen LogP contribution in [0.1, 0.15) is 36.8 Å². The second-order valence-electron chi connectivity index (χ2n) is 6.02. The molecule has 0 aromatic heterocycles. The molecule has 2 heterocycles. The highest BCUT2D eigenvalue weighted by atomic mass is 16.5. The fourth-order valence-corrected chi connectivity index (χ4v) is 3.25. The van der Waals surface area contributed by atoms with E-state index in [0.29, 0.717) is 11.6 Å². The number of hydrogen-bond donors (Lipinski definition) is 1. The van der Waals surface area contributed by atoms with Crippen LogP contribution in [-0.4, -0.2) is 31.5 Å². The molecule has 4 heteroatoms. The molecule has 0 aliphatic carbocycles. The van der Waals surface area contributed by atoms with E-state index < -0.39 is 0 Å². The Bertz CT molecular complexity index is 495. The maximum absolute atomic E-state index is 8.81. The number of rotatable bonds is 3. The molecule has 2 fully saturated rings. The first-order valence-electron chi connectivity index (χ1n) is 7.74. The van der Waals surface area contributed by atoms with E-state index in [0.717, 1.165) is 52.0 Å². The van der Waals surface area contributed by atoms with Crippen molar-refractivity contribution in [1.29, 1.82) is 5.26 Å². The number of hydrogen-bond acceptors (Lipinski definition) is 4. The van der Waals surface area contributed by atoms with Crippen molar-refractivity contribution in [1.82, 2.24) is 5.32 Å². The third kappa shape index (κ3) is 3.62. The standard InChI is InChI=1S/C17H22N2O2/c18-12-14-1-3-15(4-2-14)13-19-16-5-8-21-17(11-16)6-9-20-10-7-17/h1-4,16,19H,5-11,13H2. The number of nitrogens with one attached hydrogen (secondary N) is 1. The lowest BCUT2D eigenvalue weighted by atomic mass is 9.84. The van der Waals surface area contributed by atoms with Crippen molar-refractivity contribution in [3.63, 3.8) is 0 Å². The zero-order chi connectivity index (χ0) is 14.5. The van der Waals surface area contributed by atoms with Crippen LogP contribution in [0.25, 0.3) is 0 Å². The van der Waals surface area contributed by atoms with Gasteiger partial charge in [-0.1, -0.05) is 12.1 Å². The normalized spacial score (nSPS) is 24.6. The minimum absolute atomic E-state index is 0.0405. The highest BCUT2D eigenvalue weighted by Gasteiger charge is 2.38. The number of nitriles is 1. The van der Waals surface area contributed by atoms with Gasteiger partial charge in [-0.15, -0.1) is 0 Å². The van der Waals surface area contributed by atoms with Gasteiger partial charge in [-0.2, -0.15) is 5.26 Å². The molecule has 2 saturated heterocycles. The minimum Gasteiger partial charge on any atom is -0.381 e. The SMILES string of the molecule is N#Cc1ccc(CNC2CCOC3(CCOCC3)C2)cc1. The summed E-state index contributed by atoms with van der Waals surface area (Å²) in [4.78, 5) is 0. The van der Waals surface area contributed by atoms with Gasteiger partial charge in [0.1, 0.15) is 0 Å². The number of ether oxygens (including phenoxy) is 2. The van der Waals surface area contributed by atoms with Gasteiger partial charge in [-0.05, 0) is 43.4 Å². The molecule has 2 aliphatic heterocycles. The molecule has 1 spiro atoms. The van der Waals surface area contributed by atoms with Gasteiger partial charge in [0.25, 0.3) is 0 Å². The van der Waals surface area contributed by atoms with E-state index in [1.54, 1.807) is 0 Å². The summed E-state index contributed by atoms with van der Waals surface area (Å²) >= 11 is 0. The number of nitrogens with zero attached hydrogens (tertiary/aromatic N) is 1. The molecule has 0 saturated carbocycles. The summed E-state index contributed by atoms with van der Waals surface area (Å²) in [5, 5.41) is 12.5. The Morgan fingerprint density at radius 2 is 1.95 bits per heavy atom. The third-order valence-corrected chi connectivity index (χ3v) is 4.57. The maximum Gasteiger partial charge on any atom is 0.0991 e. The lowest BCUT2D eigenvalue weighted by molar-refractivity contribution is -0.140. The van der Waals surface area contributed by atoms with Crippen LogP contribution in [0.15, 0.2) is 24.3 Å². The van der Waals surface area contributed by atoms with Crippen LogP contribution in [0.4, 0.5) is 0 Å². The van der Waals surface area contributed by atoms with E-state index in [-0.39, 0.29) is 5.60 Å². The minimum atomic E-state index is 0.0405. The van der Waals surface area contributed by atoms with Crippen LogP contribution in [0, 0.1) is 11.3 Å². The van der Waals surface area contributed by atoms with E-state index in [9.17, 15) is 0 Å². The van der Waals surface area contributed by atoms with E-state index in [1.165, 1.54) is 5.56 Å². The van der Waals surface area contributed by atoms with Gasteiger partial charge in [-0.25, -0.2) is 0 Å². The molecule has 1 unspecified atom stereocenters. The molecule has 0 radical (unpaired) electrons. The summed E-state index contributed by atoms with van der Waals surface area (Å²) in [5.41, 5.74) is 1.98. The zero-order valence-electron chi connectivity index (χ0n) is 12.3. The van der Waals surface area contributed by atoms with Gasteiger partial charge < -0.3 is 14.8 Å². The van der Waals surface area contributed by atoms with Gasteiger partial charge in [0.2, 0.25) is 0 Å². The summed E-state index contributed by atoms with van der Waals surface area (Å²) < 4.78 is 11.5. The maximum atomic E-state index is 8.81. The molecule has 1 atom stereocenters. The van der Waals surface area contributed by atoms with Crippen LogP contribution in [-0.2, 0) is 16.0 Å². The molecule has 3 rings (SSSR count). The zero-order valence-corrected chi connectivity index (χ0v) is 12.3. The highest BCUT2D eigenvalue weighted by molar-refractivity contribution is 5.31. The predicted octanol–water partition coefficient (Wildman–Crippen LogP) is 2.38. The van der Waals surface area contributed by atoms with Crippen molar-refractivity contribution in [2.45, 2.75) is 43.9 Å². The molecular weight excluding hydrogens is 264 g/mol. The first-order valence-corrected chi connectivity index (χ1v) is 7.74. The Morgan fingerprint density at radius 1 is 1.19 bits per heavy atom. The molecule has 1 aromatic carbocycles. The van der Waals surface area contributed by atoms with E-state index >= 15 is 0 Å². The topological polar surface area (TPSA) is 54.3 Å². The van der Waals surface area contributed by atoms with Gasteiger partial charge in [0.05, 0.1) is 17.2 Å². The van der Waals surface area contributed by atoms with Gasteiger partial charge in [0, 0.05) is 32.4 Å².